The topological polar surface area (TPSA) is 67.6 Å². The van der Waals surface area contributed by atoms with Crippen LogP contribution in [0.25, 0.3) is 0 Å². The molecule has 0 radical (unpaired) electrons. The van der Waals surface area contributed by atoms with Crippen LogP contribution in [0.15, 0.2) is 0 Å². The molecule has 0 aliphatic heterocycles. The van der Waals surface area contributed by atoms with Gasteiger partial charge in [0.25, 0.3) is 0 Å². The second-order valence-electron chi connectivity index (χ2n) is 4.14. The van der Waals surface area contributed by atoms with Crippen molar-refractivity contribution in [1.29, 1.82) is 0 Å². The molecule has 4 nitrogen and oxygen atoms in total. The first-order chi connectivity index (χ1) is 6.56. The van der Waals surface area contributed by atoms with Crippen molar-refractivity contribution in [3.8, 4) is 0 Å². The second-order valence-corrected chi connectivity index (χ2v) is 4.14. The van der Waals surface area contributed by atoms with Crippen LogP contribution in [0.2, 0.25) is 0 Å². The Hall–Kier alpha value is -0.900. The van der Waals surface area contributed by atoms with Crippen LogP contribution >= 0.6 is 0 Å². The molecule has 0 aromatic carbocycles. The highest BCUT2D eigenvalue weighted by atomic mass is 15.2. The Kier molecular flexibility index (Phi) is 3.63. The van der Waals surface area contributed by atoms with Crippen LogP contribution in [0.1, 0.15) is 57.7 Å². The Morgan fingerprint density at radius 1 is 1.36 bits per heavy atom. The SMILES string of the molecule is CC[C@H](C)[C@H](N)c1nc(C(C)C)n[nH]1. The first-order valence-electron chi connectivity index (χ1n) is 5.24. The molecule has 1 rings (SSSR count). The monoisotopic (exact) mass is 196 g/mol. The summed E-state index contributed by atoms with van der Waals surface area (Å²) in [5.41, 5.74) is 6.03. The van der Waals surface area contributed by atoms with E-state index in [0.717, 1.165) is 18.1 Å². The number of hydrogen-bond donors (Lipinski definition) is 2. The highest BCUT2D eigenvalue weighted by molar-refractivity contribution is 4.99. The maximum atomic E-state index is 6.03. The van der Waals surface area contributed by atoms with Gasteiger partial charge in [0, 0.05) is 5.92 Å². The van der Waals surface area contributed by atoms with E-state index in [1.807, 2.05) is 0 Å². The largest absolute Gasteiger partial charge is 0.321 e. The van der Waals surface area contributed by atoms with Crippen molar-refractivity contribution >= 4 is 0 Å². The summed E-state index contributed by atoms with van der Waals surface area (Å²) < 4.78 is 0. The third kappa shape index (κ3) is 2.32. The number of aromatic nitrogens is 3. The zero-order valence-electron chi connectivity index (χ0n) is 9.41. The van der Waals surface area contributed by atoms with Gasteiger partial charge >= 0.3 is 0 Å². The van der Waals surface area contributed by atoms with E-state index in [4.69, 9.17) is 5.73 Å². The Morgan fingerprint density at radius 3 is 2.43 bits per heavy atom. The van der Waals surface area contributed by atoms with E-state index in [1.54, 1.807) is 0 Å². The molecule has 2 atom stereocenters. The average molecular weight is 196 g/mol. The van der Waals surface area contributed by atoms with Crippen LogP contribution in [0.3, 0.4) is 0 Å². The third-order valence-corrected chi connectivity index (χ3v) is 2.61. The maximum absolute atomic E-state index is 6.03. The van der Waals surface area contributed by atoms with E-state index in [2.05, 4.69) is 42.9 Å². The van der Waals surface area contributed by atoms with Crippen LogP contribution in [0, 0.1) is 5.92 Å². The summed E-state index contributed by atoms with van der Waals surface area (Å²) in [6, 6.07) is -0.0278. The molecule has 0 unspecified atom stereocenters. The number of aromatic amines is 1. The van der Waals surface area contributed by atoms with Crippen LogP contribution < -0.4 is 5.73 Å². The van der Waals surface area contributed by atoms with Gasteiger partial charge in [-0.1, -0.05) is 34.1 Å². The van der Waals surface area contributed by atoms with Crippen molar-refractivity contribution in [1.82, 2.24) is 15.2 Å². The van der Waals surface area contributed by atoms with E-state index < -0.39 is 0 Å². The summed E-state index contributed by atoms with van der Waals surface area (Å²) in [7, 11) is 0. The molecule has 4 heteroatoms. The van der Waals surface area contributed by atoms with Gasteiger partial charge in [-0.15, -0.1) is 0 Å². The Bertz CT molecular complexity index is 279. The zero-order chi connectivity index (χ0) is 10.7. The molecule has 0 spiro atoms. The molecular formula is C10H20N4. The Labute approximate surface area is 85.3 Å². The normalized spacial score (nSPS) is 15.9. The van der Waals surface area contributed by atoms with E-state index in [1.165, 1.54) is 0 Å². The molecule has 14 heavy (non-hydrogen) atoms. The third-order valence-electron chi connectivity index (χ3n) is 2.61. The molecule has 1 aromatic rings. The van der Waals surface area contributed by atoms with Crippen LogP contribution in [0.4, 0.5) is 0 Å². The van der Waals surface area contributed by atoms with Gasteiger partial charge in [-0.25, -0.2) is 4.98 Å². The predicted octanol–water partition coefficient (Wildman–Crippen LogP) is 1.97. The molecule has 0 saturated carbocycles. The molecule has 1 aromatic heterocycles. The minimum absolute atomic E-state index is 0.0278. The van der Waals surface area contributed by atoms with Gasteiger partial charge in [0.2, 0.25) is 0 Å². The fourth-order valence-electron chi connectivity index (χ4n) is 1.22. The number of nitrogens with zero attached hydrogens (tertiary/aromatic N) is 2. The highest BCUT2D eigenvalue weighted by Crippen LogP contribution is 2.19. The molecule has 80 valence electrons. The molecule has 0 amide bonds. The standard InChI is InChI=1S/C10H20N4/c1-5-7(4)8(11)10-12-9(6(2)3)13-14-10/h6-8H,5,11H2,1-4H3,(H,12,13,14)/t7-,8-/m0/s1. The molecule has 0 saturated heterocycles. The Balaban J connectivity index is 2.76. The zero-order valence-corrected chi connectivity index (χ0v) is 9.41. The van der Waals surface area contributed by atoms with Gasteiger partial charge in [-0.3, -0.25) is 5.10 Å². The molecule has 3 N–H and O–H groups in total. The molecule has 0 fully saturated rings. The maximum Gasteiger partial charge on any atom is 0.153 e. The van der Waals surface area contributed by atoms with Gasteiger partial charge in [-0.2, -0.15) is 5.10 Å². The minimum atomic E-state index is -0.0278. The first-order valence-corrected chi connectivity index (χ1v) is 5.24. The van der Waals surface area contributed by atoms with Crippen molar-refractivity contribution in [2.45, 2.75) is 46.1 Å². The van der Waals surface area contributed by atoms with Crippen molar-refractivity contribution in [3.05, 3.63) is 11.6 Å². The molecule has 0 bridgehead atoms. The van der Waals surface area contributed by atoms with Crippen molar-refractivity contribution < 1.29 is 0 Å². The van der Waals surface area contributed by atoms with Gasteiger partial charge in [0.15, 0.2) is 5.82 Å². The van der Waals surface area contributed by atoms with E-state index in [-0.39, 0.29) is 6.04 Å². The fraction of sp³-hybridized carbons (Fsp3) is 0.800. The summed E-state index contributed by atoms with van der Waals surface area (Å²) >= 11 is 0. The smallest absolute Gasteiger partial charge is 0.153 e. The first kappa shape index (κ1) is 11.2. The lowest BCUT2D eigenvalue weighted by Gasteiger charge is -2.14. The van der Waals surface area contributed by atoms with Crippen molar-refractivity contribution in [2.75, 3.05) is 0 Å². The van der Waals surface area contributed by atoms with Crippen LogP contribution in [-0.4, -0.2) is 15.2 Å². The Morgan fingerprint density at radius 2 is 2.00 bits per heavy atom. The summed E-state index contributed by atoms with van der Waals surface area (Å²) in [5, 5.41) is 7.05. The van der Waals surface area contributed by atoms with Crippen molar-refractivity contribution in [2.24, 2.45) is 11.7 Å². The predicted molar refractivity (Wildman–Crippen MR) is 56.9 cm³/mol. The van der Waals surface area contributed by atoms with Crippen molar-refractivity contribution in [3.63, 3.8) is 0 Å². The summed E-state index contributed by atoms with van der Waals surface area (Å²) in [6.45, 7) is 8.40. The average Bonchev–Trinajstić information content (AvgIpc) is 2.64. The van der Waals surface area contributed by atoms with Gasteiger partial charge in [0.05, 0.1) is 6.04 Å². The van der Waals surface area contributed by atoms with Gasteiger partial charge in [0.1, 0.15) is 5.82 Å². The summed E-state index contributed by atoms with van der Waals surface area (Å²) in [6.07, 6.45) is 1.05. The fourth-order valence-corrected chi connectivity index (χ4v) is 1.22. The number of rotatable bonds is 4. The lowest BCUT2D eigenvalue weighted by atomic mass is 10.00. The second kappa shape index (κ2) is 4.55. The van der Waals surface area contributed by atoms with E-state index in [0.29, 0.717) is 11.8 Å². The number of nitrogens with two attached hydrogens (primary N) is 1. The van der Waals surface area contributed by atoms with Gasteiger partial charge < -0.3 is 5.73 Å². The van der Waals surface area contributed by atoms with E-state index >= 15 is 0 Å². The number of H-pyrrole nitrogens is 1. The minimum Gasteiger partial charge on any atom is -0.321 e. The molecule has 1 heterocycles. The number of hydrogen-bond acceptors (Lipinski definition) is 3. The van der Waals surface area contributed by atoms with Crippen LogP contribution in [-0.2, 0) is 0 Å². The van der Waals surface area contributed by atoms with E-state index in [9.17, 15) is 0 Å². The summed E-state index contributed by atoms with van der Waals surface area (Å²) in [4.78, 5) is 4.39. The quantitative estimate of drug-likeness (QED) is 0.773. The molecule has 0 aliphatic rings. The molecular weight excluding hydrogens is 176 g/mol. The molecule has 0 aliphatic carbocycles. The lowest BCUT2D eigenvalue weighted by molar-refractivity contribution is 0.439. The lowest BCUT2D eigenvalue weighted by Crippen LogP contribution is -2.20. The number of nitrogens with one attached hydrogen (secondary N) is 1. The van der Waals surface area contributed by atoms with Crippen LogP contribution in [0.5, 0.6) is 0 Å². The van der Waals surface area contributed by atoms with Gasteiger partial charge in [-0.05, 0) is 5.92 Å². The summed E-state index contributed by atoms with van der Waals surface area (Å²) in [5.74, 6) is 2.44. The highest BCUT2D eigenvalue weighted by Gasteiger charge is 2.17.